The number of thioether (sulfide) groups is 1. The zero-order valence-electron chi connectivity index (χ0n) is 7.81. The molecule has 0 saturated heterocycles. The molecule has 0 bridgehead atoms. The number of primary amides is 1. The first-order valence-electron chi connectivity index (χ1n) is 4.33. The van der Waals surface area contributed by atoms with Gasteiger partial charge >= 0.3 is 0 Å². The van der Waals surface area contributed by atoms with Crippen LogP contribution in [0.15, 0.2) is 35.2 Å². The van der Waals surface area contributed by atoms with E-state index in [0.717, 1.165) is 5.75 Å². The molecule has 4 heteroatoms. The van der Waals surface area contributed by atoms with Gasteiger partial charge < -0.3 is 10.5 Å². The third-order valence-electron chi connectivity index (χ3n) is 1.48. The molecule has 1 amide bonds. The highest BCUT2D eigenvalue weighted by Gasteiger charge is 1.95. The molecule has 3 nitrogen and oxygen atoms in total. The molecule has 0 atom stereocenters. The summed E-state index contributed by atoms with van der Waals surface area (Å²) in [4.78, 5) is 11.5. The fourth-order valence-corrected chi connectivity index (χ4v) is 1.69. The molecule has 0 heterocycles. The summed E-state index contributed by atoms with van der Waals surface area (Å²) in [5.74, 6) is 0.409. The molecule has 0 fully saturated rings. The molecule has 1 aromatic rings. The molecule has 76 valence electrons. The molecule has 0 aliphatic heterocycles. The number of amides is 1. The van der Waals surface area contributed by atoms with E-state index < -0.39 is 5.91 Å². The summed E-state index contributed by atoms with van der Waals surface area (Å²) in [7, 11) is 0. The number of benzene rings is 1. The second kappa shape index (κ2) is 6.45. The Labute approximate surface area is 87.6 Å². The number of carbonyl (C=O) groups excluding carboxylic acids is 1. The van der Waals surface area contributed by atoms with Crippen LogP contribution in [0.1, 0.15) is 0 Å². The van der Waals surface area contributed by atoms with Crippen LogP contribution < -0.4 is 5.73 Å². The van der Waals surface area contributed by atoms with Crippen molar-refractivity contribution in [3.63, 3.8) is 0 Å². The van der Waals surface area contributed by atoms with E-state index in [2.05, 4.69) is 0 Å². The number of hydrogen-bond donors (Lipinski definition) is 1. The van der Waals surface area contributed by atoms with Crippen molar-refractivity contribution in [3.8, 4) is 0 Å². The van der Waals surface area contributed by atoms with Gasteiger partial charge in [-0.25, -0.2) is 0 Å². The van der Waals surface area contributed by atoms with Crippen molar-refractivity contribution < 1.29 is 9.53 Å². The quantitative estimate of drug-likeness (QED) is 0.569. The molecule has 0 unspecified atom stereocenters. The van der Waals surface area contributed by atoms with E-state index in [0.29, 0.717) is 6.61 Å². The van der Waals surface area contributed by atoms with Gasteiger partial charge in [0.25, 0.3) is 0 Å². The molecule has 2 N–H and O–H groups in total. The normalized spacial score (nSPS) is 10.0. The second-order valence-corrected chi connectivity index (χ2v) is 3.85. The van der Waals surface area contributed by atoms with Crippen LogP contribution in [0.3, 0.4) is 0 Å². The van der Waals surface area contributed by atoms with Gasteiger partial charge in [-0.15, -0.1) is 11.8 Å². The van der Waals surface area contributed by atoms with Crippen molar-refractivity contribution >= 4 is 17.7 Å². The zero-order valence-corrected chi connectivity index (χ0v) is 8.63. The summed E-state index contributed by atoms with van der Waals surface area (Å²) in [5, 5.41) is 0. The zero-order chi connectivity index (χ0) is 10.2. The maximum atomic E-state index is 10.3. The molecule has 0 radical (unpaired) electrons. The van der Waals surface area contributed by atoms with E-state index in [1.807, 2.05) is 30.3 Å². The number of rotatable bonds is 6. The van der Waals surface area contributed by atoms with Crippen LogP contribution in [-0.2, 0) is 9.53 Å². The molecule has 0 aliphatic carbocycles. The van der Waals surface area contributed by atoms with Crippen LogP contribution in [-0.4, -0.2) is 24.9 Å². The number of nitrogens with two attached hydrogens (primary N) is 1. The van der Waals surface area contributed by atoms with E-state index in [1.54, 1.807) is 11.8 Å². The Morgan fingerprint density at radius 1 is 1.36 bits per heavy atom. The van der Waals surface area contributed by atoms with Crippen molar-refractivity contribution in [2.45, 2.75) is 4.90 Å². The topological polar surface area (TPSA) is 52.3 Å². The maximum Gasteiger partial charge on any atom is 0.243 e. The first kappa shape index (κ1) is 11.1. The molecular weight excluding hydrogens is 198 g/mol. The predicted octanol–water partition coefficient (Wildman–Crippen LogP) is 1.28. The van der Waals surface area contributed by atoms with Crippen molar-refractivity contribution in [1.82, 2.24) is 0 Å². The lowest BCUT2D eigenvalue weighted by Crippen LogP contribution is -2.18. The minimum atomic E-state index is -0.422. The molecule has 0 aliphatic rings. The average Bonchev–Trinajstić information content (AvgIpc) is 2.18. The lowest BCUT2D eigenvalue weighted by Gasteiger charge is -2.01. The third-order valence-corrected chi connectivity index (χ3v) is 2.46. The highest BCUT2D eigenvalue weighted by atomic mass is 32.2. The van der Waals surface area contributed by atoms with Gasteiger partial charge in [0.05, 0.1) is 6.61 Å². The number of carbonyl (C=O) groups is 1. The highest BCUT2D eigenvalue weighted by Crippen LogP contribution is 2.15. The van der Waals surface area contributed by atoms with E-state index >= 15 is 0 Å². The maximum absolute atomic E-state index is 10.3. The Morgan fingerprint density at radius 2 is 2.07 bits per heavy atom. The summed E-state index contributed by atoms with van der Waals surface area (Å²) >= 11 is 1.69. The Bertz CT molecular complexity index is 277. The lowest BCUT2D eigenvalue weighted by atomic mass is 10.4. The van der Waals surface area contributed by atoms with Gasteiger partial charge in [-0.05, 0) is 12.1 Å². The standard InChI is InChI=1S/C10H13NO2S/c11-10(12)8-13-6-7-14-9-4-2-1-3-5-9/h1-5H,6-8H2,(H2,11,12). The largest absolute Gasteiger partial charge is 0.371 e. The van der Waals surface area contributed by atoms with Gasteiger partial charge in [0, 0.05) is 10.6 Å². The van der Waals surface area contributed by atoms with E-state index in [1.165, 1.54) is 4.90 Å². The minimum absolute atomic E-state index is 0.00928. The Balaban J connectivity index is 2.08. The molecule has 0 spiro atoms. The van der Waals surface area contributed by atoms with Crippen molar-refractivity contribution in [1.29, 1.82) is 0 Å². The first-order valence-corrected chi connectivity index (χ1v) is 5.31. The van der Waals surface area contributed by atoms with Gasteiger partial charge in [-0.1, -0.05) is 18.2 Å². The van der Waals surface area contributed by atoms with Crippen molar-refractivity contribution in [2.24, 2.45) is 5.73 Å². The summed E-state index contributed by atoms with van der Waals surface area (Å²) in [6.45, 7) is 0.553. The van der Waals surface area contributed by atoms with E-state index in [-0.39, 0.29) is 6.61 Å². The predicted molar refractivity (Wildman–Crippen MR) is 57.2 cm³/mol. The SMILES string of the molecule is NC(=O)COCCSc1ccccc1. The summed E-state index contributed by atoms with van der Waals surface area (Å²) in [6.07, 6.45) is 0. The summed E-state index contributed by atoms with van der Waals surface area (Å²) in [6, 6.07) is 10.0. The monoisotopic (exact) mass is 211 g/mol. The Morgan fingerprint density at radius 3 is 2.71 bits per heavy atom. The van der Waals surface area contributed by atoms with Crippen molar-refractivity contribution in [2.75, 3.05) is 19.0 Å². The van der Waals surface area contributed by atoms with Crippen molar-refractivity contribution in [3.05, 3.63) is 30.3 Å². The molecule has 1 rings (SSSR count). The lowest BCUT2D eigenvalue weighted by molar-refractivity contribution is -0.122. The van der Waals surface area contributed by atoms with Gasteiger partial charge in [0.1, 0.15) is 6.61 Å². The second-order valence-electron chi connectivity index (χ2n) is 2.68. The fraction of sp³-hybridized carbons (Fsp3) is 0.300. The Hall–Kier alpha value is -1.00. The van der Waals surface area contributed by atoms with E-state index in [4.69, 9.17) is 10.5 Å². The van der Waals surface area contributed by atoms with Crippen LogP contribution in [0.25, 0.3) is 0 Å². The van der Waals surface area contributed by atoms with Gasteiger partial charge in [0.15, 0.2) is 0 Å². The smallest absolute Gasteiger partial charge is 0.243 e. The van der Waals surface area contributed by atoms with Crippen LogP contribution in [0.5, 0.6) is 0 Å². The molecule has 0 saturated carbocycles. The minimum Gasteiger partial charge on any atom is -0.371 e. The van der Waals surface area contributed by atoms with Crippen LogP contribution in [0.4, 0.5) is 0 Å². The van der Waals surface area contributed by atoms with Crippen LogP contribution in [0, 0.1) is 0 Å². The number of ether oxygens (including phenoxy) is 1. The van der Waals surface area contributed by atoms with E-state index in [9.17, 15) is 4.79 Å². The van der Waals surface area contributed by atoms with Gasteiger partial charge in [0.2, 0.25) is 5.91 Å². The molecular formula is C10H13NO2S. The number of hydrogen-bond acceptors (Lipinski definition) is 3. The van der Waals surface area contributed by atoms with Gasteiger partial charge in [-0.2, -0.15) is 0 Å². The fourth-order valence-electron chi connectivity index (χ4n) is 0.908. The molecule has 0 aromatic heterocycles. The Kier molecular flexibility index (Phi) is 5.11. The summed E-state index contributed by atoms with van der Waals surface area (Å²) in [5.41, 5.74) is 4.92. The third kappa shape index (κ3) is 4.89. The average molecular weight is 211 g/mol. The molecule has 1 aromatic carbocycles. The molecule has 14 heavy (non-hydrogen) atoms. The first-order chi connectivity index (χ1) is 6.79. The van der Waals surface area contributed by atoms with Crippen LogP contribution in [0.2, 0.25) is 0 Å². The van der Waals surface area contributed by atoms with Crippen LogP contribution >= 0.6 is 11.8 Å². The van der Waals surface area contributed by atoms with Gasteiger partial charge in [-0.3, -0.25) is 4.79 Å². The summed E-state index contributed by atoms with van der Waals surface area (Å²) < 4.78 is 5.02. The highest BCUT2D eigenvalue weighted by molar-refractivity contribution is 7.99.